The van der Waals surface area contributed by atoms with Gasteiger partial charge in [0.15, 0.2) is 5.96 Å². The zero-order valence-electron chi connectivity index (χ0n) is 17.5. The van der Waals surface area contributed by atoms with Gasteiger partial charge in [-0.3, -0.25) is 0 Å². The molecular formula is C22H32N4O2S. The number of aliphatic imine (C=N–C) groups is 1. The third-order valence-corrected chi connectivity index (χ3v) is 5.70. The van der Waals surface area contributed by atoms with Crippen LogP contribution in [0.1, 0.15) is 37.5 Å². The highest BCUT2D eigenvalue weighted by Gasteiger charge is 2.15. The van der Waals surface area contributed by atoms with Crippen molar-refractivity contribution in [1.29, 1.82) is 0 Å². The summed E-state index contributed by atoms with van der Waals surface area (Å²) >= 11 is 0. The molecule has 29 heavy (non-hydrogen) atoms. The van der Waals surface area contributed by atoms with Gasteiger partial charge in [0.1, 0.15) is 0 Å². The lowest BCUT2D eigenvalue weighted by Crippen LogP contribution is -2.38. The molecule has 158 valence electrons. The fourth-order valence-corrected chi connectivity index (χ4v) is 4.43. The summed E-state index contributed by atoms with van der Waals surface area (Å²) in [5, 5.41) is 6.58. The van der Waals surface area contributed by atoms with E-state index in [1.54, 1.807) is 0 Å². The van der Waals surface area contributed by atoms with E-state index in [-0.39, 0.29) is 11.8 Å². The Balaban J connectivity index is 2.03. The molecule has 0 saturated heterocycles. The zero-order chi connectivity index (χ0) is 21.1. The van der Waals surface area contributed by atoms with Crippen LogP contribution in [0.15, 0.2) is 59.6 Å². The van der Waals surface area contributed by atoms with Crippen LogP contribution in [0.3, 0.4) is 0 Å². The van der Waals surface area contributed by atoms with Gasteiger partial charge in [0.05, 0.1) is 12.3 Å². The summed E-state index contributed by atoms with van der Waals surface area (Å²) in [6.07, 6.45) is 0.904. The van der Waals surface area contributed by atoms with Crippen LogP contribution in [0, 0.1) is 0 Å². The molecule has 2 aromatic carbocycles. The number of nitrogens with zero attached hydrogens (tertiary/aromatic N) is 1. The van der Waals surface area contributed by atoms with Crippen LogP contribution in [-0.4, -0.2) is 33.5 Å². The van der Waals surface area contributed by atoms with E-state index >= 15 is 0 Å². The Morgan fingerprint density at radius 2 is 1.62 bits per heavy atom. The second-order valence-electron chi connectivity index (χ2n) is 7.16. The van der Waals surface area contributed by atoms with E-state index < -0.39 is 10.0 Å². The maximum absolute atomic E-state index is 12.3. The molecule has 0 unspecified atom stereocenters. The van der Waals surface area contributed by atoms with E-state index in [9.17, 15) is 8.42 Å². The Kier molecular flexibility index (Phi) is 9.15. The molecule has 0 aromatic heterocycles. The lowest BCUT2D eigenvalue weighted by Gasteiger charge is -2.14. The molecule has 6 nitrogen and oxygen atoms in total. The maximum Gasteiger partial charge on any atom is 0.216 e. The van der Waals surface area contributed by atoms with E-state index in [1.807, 2.05) is 63.2 Å². The third-order valence-electron chi connectivity index (χ3n) is 4.18. The topological polar surface area (TPSA) is 82.6 Å². The summed E-state index contributed by atoms with van der Waals surface area (Å²) in [6, 6.07) is 17.7. The van der Waals surface area contributed by atoms with Gasteiger partial charge in [0, 0.05) is 19.1 Å². The van der Waals surface area contributed by atoms with Crippen molar-refractivity contribution >= 4 is 16.0 Å². The Bertz CT molecular complexity index is 881. The lowest BCUT2D eigenvalue weighted by molar-refractivity contribution is 0.569. The number of nitrogens with one attached hydrogen (secondary N) is 3. The number of benzene rings is 2. The van der Waals surface area contributed by atoms with Crippen molar-refractivity contribution in [2.45, 2.75) is 45.5 Å². The predicted molar refractivity (Wildman–Crippen MR) is 120 cm³/mol. The largest absolute Gasteiger partial charge is 0.357 e. The van der Waals surface area contributed by atoms with E-state index in [1.165, 1.54) is 5.56 Å². The van der Waals surface area contributed by atoms with Gasteiger partial charge in [-0.05, 0) is 43.9 Å². The van der Waals surface area contributed by atoms with E-state index in [0.29, 0.717) is 6.54 Å². The van der Waals surface area contributed by atoms with Gasteiger partial charge in [0.2, 0.25) is 10.0 Å². The lowest BCUT2D eigenvalue weighted by atomic mass is 10.1. The normalized spacial score (nSPS) is 12.2. The van der Waals surface area contributed by atoms with Crippen molar-refractivity contribution in [3.63, 3.8) is 0 Å². The molecule has 0 radical (unpaired) electrons. The van der Waals surface area contributed by atoms with Crippen molar-refractivity contribution in [3.8, 4) is 0 Å². The summed E-state index contributed by atoms with van der Waals surface area (Å²) < 4.78 is 27.3. The minimum Gasteiger partial charge on any atom is -0.357 e. The molecule has 2 rings (SSSR count). The summed E-state index contributed by atoms with van der Waals surface area (Å²) in [7, 11) is -3.38. The minimum absolute atomic E-state index is 0.0468. The molecule has 0 aliphatic carbocycles. The number of hydrogen-bond acceptors (Lipinski definition) is 3. The molecule has 3 N–H and O–H groups in total. The van der Waals surface area contributed by atoms with Crippen molar-refractivity contribution in [2.75, 3.05) is 13.1 Å². The van der Waals surface area contributed by atoms with Gasteiger partial charge in [-0.1, -0.05) is 54.6 Å². The molecule has 7 heteroatoms. The highest BCUT2D eigenvalue weighted by molar-refractivity contribution is 7.88. The molecule has 2 aromatic rings. The second-order valence-corrected chi connectivity index (χ2v) is 8.91. The predicted octanol–water partition coefficient (Wildman–Crippen LogP) is 2.81. The monoisotopic (exact) mass is 416 g/mol. The Morgan fingerprint density at radius 3 is 2.28 bits per heavy atom. The van der Waals surface area contributed by atoms with Gasteiger partial charge >= 0.3 is 0 Å². The van der Waals surface area contributed by atoms with Gasteiger partial charge in [-0.15, -0.1) is 0 Å². The van der Waals surface area contributed by atoms with Crippen molar-refractivity contribution in [2.24, 2.45) is 4.99 Å². The smallest absolute Gasteiger partial charge is 0.216 e. The molecule has 0 amide bonds. The first-order valence-electron chi connectivity index (χ1n) is 10.0. The molecule has 0 atom stereocenters. The first kappa shape index (κ1) is 22.9. The van der Waals surface area contributed by atoms with Crippen LogP contribution < -0.4 is 15.4 Å². The summed E-state index contributed by atoms with van der Waals surface area (Å²) in [5.41, 5.74) is 2.94. The van der Waals surface area contributed by atoms with Crippen LogP contribution >= 0.6 is 0 Å². The Hall–Kier alpha value is -2.38. The molecule has 0 fully saturated rings. The Labute approximate surface area is 174 Å². The van der Waals surface area contributed by atoms with Gasteiger partial charge in [0.25, 0.3) is 0 Å². The quantitative estimate of drug-likeness (QED) is 0.411. The van der Waals surface area contributed by atoms with Crippen LogP contribution in [0.5, 0.6) is 0 Å². The average Bonchev–Trinajstić information content (AvgIpc) is 2.66. The van der Waals surface area contributed by atoms with Crippen LogP contribution in [0.4, 0.5) is 0 Å². The van der Waals surface area contributed by atoms with Gasteiger partial charge in [-0.25, -0.2) is 18.1 Å². The van der Waals surface area contributed by atoms with Gasteiger partial charge < -0.3 is 10.6 Å². The zero-order valence-corrected chi connectivity index (χ0v) is 18.3. The average molecular weight is 417 g/mol. The van der Waals surface area contributed by atoms with Crippen molar-refractivity contribution in [1.82, 2.24) is 15.4 Å². The van der Waals surface area contributed by atoms with Gasteiger partial charge in [-0.2, -0.15) is 0 Å². The fourth-order valence-electron chi connectivity index (χ4n) is 2.93. The Morgan fingerprint density at radius 1 is 0.966 bits per heavy atom. The summed E-state index contributed by atoms with van der Waals surface area (Å²) in [4.78, 5) is 4.65. The molecule has 0 aliphatic heterocycles. The molecule has 0 spiro atoms. The van der Waals surface area contributed by atoms with Crippen molar-refractivity contribution < 1.29 is 8.42 Å². The highest BCUT2D eigenvalue weighted by atomic mass is 32.2. The molecule has 0 heterocycles. The van der Waals surface area contributed by atoms with Crippen LogP contribution in [-0.2, 0) is 28.7 Å². The summed E-state index contributed by atoms with van der Waals surface area (Å²) in [6.45, 7) is 7.59. The van der Waals surface area contributed by atoms with E-state index in [0.717, 1.165) is 36.6 Å². The number of rotatable bonds is 10. The van der Waals surface area contributed by atoms with Crippen molar-refractivity contribution in [3.05, 3.63) is 71.3 Å². The number of guanidine groups is 1. The maximum atomic E-state index is 12.3. The number of hydrogen-bond donors (Lipinski definition) is 3. The molecular weight excluding hydrogens is 384 g/mol. The van der Waals surface area contributed by atoms with E-state index in [4.69, 9.17) is 0 Å². The van der Waals surface area contributed by atoms with Crippen LogP contribution in [0.2, 0.25) is 0 Å². The first-order valence-corrected chi connectivity index (χ1v) is 11.7. The third kappa shape index (κ3) is 8.66. The number of sulfonamides is 1. The highest BCUT2D eigenvalue weighted by Crippen LogP contribution is 2.13. The summed E-state index contributed by atoms with van der Waals surface area (Å²) in [5.74, 6) is 0.677. The molecule has 0 saturated carbocycles. The fraction of sp³-hybridized carbons (Fsp3) is 0.409. The SMILES string of the molecule is CCNC(=NCc1ccccc1CS(=O)(=O)NC(C)C)NCCc1ccccc1. The standard InChI is InChI=1S/C22H32N4O2S/c1-4-23-22(24-15-14-19-10-6-5-7-11-19)25-16-20-12-8-9-13-21(20)17-29(27,28)26-18(2)3/h5-13,18,26H,4,14-17H2,1-3H3,(H2,23,24,25). The van der Waals surface area contributed by atoms with Crippen LogP contribution in [0.25, 0.3) is 0 Å². The molecule has 0 bridgehead atoms. The second kappa shape index (κ2) is 11.6. The minimum atomic E-state index is -3.38. The first-order chi connectivity index (χ1) is 13.9. The molecule has 0 aliphatic rings. The van der Waals surface area contributed by atoms with E-state index in [2.05, 4.69) is 32.5 Å².